The Labute approximate surface area is 111 Å². The minimum absolute atomic E-state index is 0.561. The maximum atomic E-state index is 3.59. The first-order valence-electron chi connectivity index (χ1n) is 7.27. The lowest BCUT2D eigenvalue weighted by atomic mass is 10.0. The Morgan fingerprint density at radius 1 is 1.39 bits per heavy atom. The van der Waals surface area contributed by atoms with Crippen LogP contribution >= 0.6 is 0 Å². The van der Waals surface area contributed by atoms with Gasteiger partial charge in [-0.15, -0.1) is 0 Å². The second-order valence-electron chi connectivity index (χ2n) is 5.71. The van der Waals surface area contributed by atoms with Gasteiger partial charge >= 0.3 is 0 Å². The van der Waals surface area contributed by atoms with E-state index in [0.717, 1.165) is 19.0 Å². The number of nitrogens with zero attached hydrogens (tertiary/aromatic N) is 1. The second kappa shape index (κ2) is 6.24. The molecule has 2 atom stereocenters. The van der Waals surface area contributed by atoms with E-state index in [-0.39, 0.29) is 0 Å². The lowest BCUT2D eigenvalue weighted by molar-refractivity contribution is 0.488. The summed E-state index contributed by atoms with van der Waals surface area (Å²) in [6, 6.07) is 9.38. The first kappa shape index (κ1) is 13.4. The van der Waals surface area contributed by atoms with Gasteiger partial charge in [-0.2, -0.15) is 0 Å². The van der Waals surface area contributed by atoms with Gasteiger partial charge < -0.3 is 10.2 Å². The highest BCUT2D eigenvalue weighted by Crippen LogP contribution is 2.24. The number of hydrogen-bond donors (Lipinski definition) is 1. The fourth-order valence-corrected chi connectivity index (χ4v) is 2.88. The fourth-order valence-electron chi connectivity index (χ4n) is 2.88. The number of benzene rings is 1. The van der Waals surface area contributed by atoms with Crippen molar-refractivity contribution in [2.24, 2.45) is 5.92 Å². The van der Waals surface area contributed by atoms with Crippen LogP contribution in [0.5, 0.6) is 0 Å². The third kappa shape index (κ3) is 3.26. The topological polar surface area (TPSA) is 15.3 Å². The molecule has 0 aliphatic carbocycles. The van der Waals surface area contributed by atoms with E-state index in [1.807, 2.05) is 0 Å². The number of nitrogens with one attached hydrogen (secondary N) is 1. The van der Waals surface area contributed by atoms with Crippen LogP contribution in [0.15, 0.2) is 24.3 Å². The van der Waals surface area contributed by atoms with Crippen LogP contribution in [0.3, 0.4) is 0 Å². The minimum atomic E-state index is 0.561. The van der Waals surface area contributed by atoms with E-state index in [9.17, 15) is 0 Å². The largest absolute Gasteiger partial charge is 0.369 e. The molecule has 0 radical (unpaired) electrons. The summed E-state index contributed by atoms with van der Waals surface area (Å²) >= 11 is 0. The van der Waals surface area contributed by atoms with Crippen molar-refractivity contribution in [3.63, 3.8) is 0 Å². The van der Waals surface area contributed by atoms with Crippen LogP contribution in [0.25, 0.3) is 0 Å². The van der Waals surface area contributed by atoms with Crippen LogP contribution in [-0.4, -0.2) is 19.1 Å². The smallest absolute Gasteiger partial charge is 0.0412 e. The van der Waals surface area contributed by atoms with Gasteiger partial charge in [-0.05, 0) is 30.9 Å². The molecule has 0 amide bonds. The zero-order valence-corrected chi connectivity index (χ0v) is 11.9. The van der Waals surface area contributed by atoms with E-state index >= 15 is 0 Å². The molecule has 2 nitrogen and oxygen atoms in total. The molecule has 0 saturated heterocycles. The summed E-state index contributed by atoms with van der Waals surface area (Å²) in [7, 11) is 0. The Bertz CT molecular complexity index is 375. The zero-order chi connectivity index (χ0) is 13.0. The van der Waals surface area contributed by atoms with Crippen molar-refractivity contribution < 1.29 is 0 Å². The van der Waals surface area contributed by atoms with Gasteiger partial charge in [0.1, 0.15) is 0 Å². The predicted molar refractivity (Wildman–Crippen MR) is 79.0 cm³/mol. The van der Waals surface area contributed by atoms with Gasteiger partial charge in [0.15, 0.2) is 0 Å². The molecular weight excluding hydrogens is 220 g/mol. The Hall–Kier alpha value is -1.02. The number of fused-ring (bicyclic) bond motifs is 1. The SMILES string of the molecule is CCCC(C)CN1CC(C)NCc2ccccc21. The van der Waals surface area contributed by atoms with Crippen molar-refractivity contribution >= 4 is 5.69 Å². The minimum Gasteiger partial charge on any atom is -0.369 e. The highest BCUT2D eigenvalue weighted by atomic mass is 15.2. The molecule has 1 aromatic rings. The predicted octanol–water partition coefficient (Wildman–Crippen LogP) is 3.42. The number of hydrogen-bond acceptors (Lipinski definition) is 2. The maximum absolute atomic E-state index is 3.59. The van der Waals surface area contributed by atoms with E-state index in [4.69, 9.17) is 0 Å². The van der Waals surface area contributed by atoms with E-state index < -0.39 is 0 Å². The Balaban J connectivity index is 2.16. The monoisotopic (exact) mass is 246 g/mol. The Morgan fingerprint density at radius 2 is 2.17 bits per heavy atom. The third-order valence-electron chi connectivity index (χ3n) is 3.78. The average molecular weight is 246 g/mol. The van der Waals surface area contributed by atoms with Crippen LogP contribution in [0.4, 0.5) is 5.69 Å². The maximum Gasteiger partial charge on any atom is 0.0412 e. The molecule has 18 heavy (non-hydrogen) atoms. The van der Waals surface area contributed by atoms with E-state index in [1.165, 1.54) is 30.6 Å². The number of para-hydroxylation sites is 1. The van der Waals surface area contributed by atoms with Gasteiger partial charge in [0.05, 0.1) is 0 Å². The molecule has 1 N–H and O–H groups in total. The van der Waals surface area contributed by atoms with Crippen LogP contribution in [0, 0.1) is 5.92 Å². The summed E-state index contributed by atoms with van der Waals surface area (Å²) in [4.78, 5) is 2.57. The first-order chi connectivity index (χ1) is 8.70. The molecule has 1 aliphatic rings. The standard InChI is InChI=1S/C16H26N2/c1-4-7-13(2)11-18-12-14(3)17-10-15-8-5-6-9-16(15)18/h5-6,8-9,13-14,17H,4,7,10-12H2,1-3H3. The lowest BCUT2D eigenvalue weighted by Gasteiger charge is -2.29. The number of anilines is 1. The summed E-state index contributed by atoms with van der Waals surface area (Å²) in [5.41, 5.74) is 2.86. The van der Waals surface area contributed by atoms with Gasteiger partial charge in [-0.25, -0.2) is 0 Å². The van der Waals surface area contributed by atoms with Gasteiger partial charge in [0.2, 0.25) is 0 Å². The highest BCUT2D eigenvalue weighted by Gasteiger charge is 2.19. The molecule has 100 valence electrons. The van der Waals surface area contributed by atoms with Gasteiger partial charge in [0, 0.05) is 31.4 Å². The second-order valence-corrected chi connectivity index (χ2v) is 5.71. The molecule has 0 saturated carbocycles. The van der Waals surface area contributed by atoms with Crippen molar-refractivity contribution in [3.05, 3.63) is 29.8 Å². The molecule has 2 rings (SSSR count). The van der Waals surface area contributed by atoms with Crippen molar-refractivity contribution in [1.82, 2.24) is 5.32 Å². The first-order valence-corrected chi connectivity index (χ1v) is 7.27. The molecule has 1 heterocycles. The summed E-state index contributed by atoms with van der Waals surface area (Å²) in [6.07, 6.45) is 2.60. The van der Waals surface area contributed by atoms with Crippen LogP contribution in [0.1, 0.15) is 39.2 Å². The molecule has 2 unspecified atom stereocenters. The summed E-state index contributed by atoms with van der Waals surface area (Å²) in [5.74, 6) is 0.772. The molecule has 0 fully saturated rings. The lowest BCUT2D eigenvalue weighted by Crippen LogP contribution is -2.38. The molecule has 0 spiro atoms. The number of rotatable bonds is 4. The van der Waals surface area contributed by atoms with Gasteiger partial charge in [-0.3, -0.25) is 0 Å². The van der Waals surface area contributed by atoms with Gasteiger partial charge in [-0.1, -0.05) is 38.5 Å². The van der Waals surface area contributed by atoms with E-state index in [1.54, 1.807) is 0 Å². The Morgan fingerprint density at radius 3 is 2.94 bits per heavy atom. The quantitative estimate of drug-likeness (QED) is 0.875. The fraction of sp³-hybridized carbons (Fsp3) is 0.625. The summed E-state index contributed by atoms with van der Waals surface area (Å²) in [6.45, 7) is 10.2. The van der Waals surface area contributed by atoms with Gasteiger partial charge in [0.25, 0.3) is 0 Å². The summed E-state index contributed by atoms with van der Waals surface area (Å²) < 4.78 is 0. The molecule has 0 bridgehead atoms. The normalized spacial score (nSPS) is 21.3. The average Bonchev–Trinajstić information content (AvgIpc) is 2.50. The Kier molecular flexibility index (Phi) is 4.65. The van der Waals surface area contributed by atoms with Crippen LogP contribution in [-0.2, 0) is 6.54 Å². The molecule has 1 aliphatic heterocycles. The van der Waals surface area contributed by atoms with Crippen molar-refractivity contribution in [2.75, 3.05) is 18.0 Å². The molecular formula is C16H26N2. The van der Waals surface area contributed by atoms with E-state index in [0.29, 0.717) is 6.04 Å². The van der Waals surface area contributed by atoms with Crippen molar-refractivity contribution in [3.8, 4) is 0 Å². The molecule has 1 aromatic carbocycles. The van der Waals surface area contributed by atoms with Crippen LogP contribution < -0.4 is 10.2 Å². The highest BCUT2D eigenvalue weighted by molar-refractivity contribution is 5.54. The van der Waals surface area contributed by atoms with Crippen molar-refractivity contribution in [1.29, 1.82) is 0 Å². The summed E-state index contributed by atoms with van der Waals surface area (Å²) in [5, 5.41) is 3.59. The van der Waals surface area contributed by atoms with Crippen molar-refractivity contribution in [2.45, 2.75) is 46.2 Å². The van der Waals surface area contributed by atoms with Crippen LogP contribution in [0.2, 0.25) is 0 Å². The molecule has 2 heteroatoms. The van der Waals surface area contributed by atoms with E-state index in [2.05, 4.69) is 55.3 Å². The molecule has 0 aromatic heterocycles. The zero-order valence-electron chi connectivity index (χ0n) is 11.9. The third-order valence-corrected chi connectivity index (χ3v) is 3.78.